The van der Waals surface area contributed by atoms with Gasteiger partial charge in [-0.1, -0.05) is 26.0 Å². The van der Waals surface area contributed by atoms with Crippen molar-refractivity contribution in [3.8, 4) is 0 Å². The molecule has 102 valence electrons. The van der Waals surface area contributed by atoms with Crippen LogP contribution in [0.5, 0.6) is 0 Å². The molecule has 0 spiro atoms. The van der Waals surface area contributed by atoms with Gasteiger partial charge in [0.15, 0.2) is 0 Å². The molecule has 3 nitrogen and oxygen atoms in total. The lowest BCUT2D eigenvalue weighted by Crippen LogP contribution is -2.43. The molecule has 0 amide bonds. The third-order valence-corrected chi connectivity index (χ3v) is 4.15. The van der Waals surface area contributed by atoms with Gasteiger partial charge in [-0.15, -0.1) is 0 Å². The zero-order valence-electron chi connectivity index (χ0n) is 11.8. The summed E-state index contributed by atoms with van der Waals surface area (Å²) in [6.07, 6.45) is 7.13. The lowest BCUT2D eigenvalue weighted by molar-refractivity contribution is 0.425. The molecule has 0 aromatic heterocycles. The third kappa shape index (κ3) is 9.36. The van der Waals surface area contributed by atoms with Crippen LogP contribution in [-0.4, -0.2) is 19.7 Å². The van der Waals surface area contributed by atoms with Gasteiger partial charge in [0.05, 0.1) is 5.75 Å². The van der Waals surface area contributed by atoms with E-state index in [1.54, 1.807) is 6.92 Å². The molecule has 17 heavy (non-hydrogen) atoms. The molecule has 0 aliphatic rings. The molecule has 0 rings (SSSR count). The molecule has 4 heteroatoms. The SMILES string of the molecule is CCS(=O)(=O)NC(C)(C)CC/C=C/CC(C)C. The van der Waals surface area contributed by atoms with E-state index in [1.807, 2.05) is 13.8 Å². The van der Waals surface area contributed by atoms with Crippen LogP contribution < -0.4 is 4.72 Å². The van der Waals surface area contributed by atoms with Crippen LogP contribution in [0.3, 0.4) is 0 Å². The first-order valence-electron chi connectivity index (χ1n) is 6.35. The van der Waals surface area contributed by atoms with Crippen molar-refractivity contribution in [3.05, 3.63) is 12.2 Å². The highest BCUT2D eigenvalue weighted by Crippen LogP contribution is 2.14. The van der Waals surface area contributed by atoms with E-state index in [2.05, 4.69) is 30.7 Å². The molecule has 1 N–H and O–H groups in total. The largest absolute Gasteiger partial charge is 0.212 e. The fraction of sp³-hybridized carbons (Fsp3) is 0.846. The van der Waals surface area contributed by atoms with Crippen LogP contribution in [0.25, 0.3) is 0 Å². The van der Waals surface area contributed by atoms with Crippen LogP contribution in [0.15, 0.2) is 12.2 Å². The second-order valence-corrected chi connectivity index (χ2v) is 7.54. The Morgan fingerprint density at radius 1 is 1.24 bits per heavy atom. The van der Waals surface area contributed by atoms with Crippen molar-refractivity contribution in [2.45, 2.75) is 59.4 Å². The zero-order valence-corrected chi connectivity index (χ0v) is 12.6. The van der Waals surface area contributed by atoms with E-state index in [0.29, 0.717) is 5.92 Å². The summed E-state index contributed by atoms with van der Waals surface area (Å²) in [6, 6.07) is 0. The van der Waals surface area contributed by atoms with Crippen LogP contribution in [0.2, 0.25) is 0 Å². The van der Waals surface area contributed by atoms with E-state index in [9.17, 15) is 8.42 Å². The van der Waals surface area contributed by atoms with Crippen LogP contribution in [0.4, 0.5) is 0 Å². The van der Waals surface area contributed by atoms with Gasteiger partial charge in [-0.3, -0.25) is 0 Å². The van der Waals surface area contributed by atoms with Gasteiger partial charge in [-0.2, -0.15) is 0 Å². The summed E-state index contributed by atoms with van der Waals surface area (Å²) in [5, 5.41) is 0. The van der Waals surface area contributed by atoms with Gasteiger partial charge >= 0.3 is 0 Å². The predicted octanol–water partition coefficient (Wildman–Crippen LogP) is 3.09. The fourth-order valence-electron chi connectivity index (χ4n) is 1.47. The number of allylic oxidation sites excluding steroid dienone is 2. The molecule has 0 radical (unpaired) electrons. The predicted molar refractivity (Wildman–Crippen MR) is 74.5 cm³/mol. The number of hydrogen-bond donors (Lipinski definition) is 1. The van der Waals surface area contributed by atoms with Gasteiger partial charge < -0.3 is 0 Å². The smallest absolute Gasteiger partial charge is 0.211 e. The summed E-state index contributed by atoms with van der Waals surface area (Å²) in [4.78, 5) is 0. The average molecular weight is 261 g/mol. The summed E-state index contributed by atoms with van der Waals surface area (Å²) >= 11 is 0. The minimum Gasteiger partial charge on any atom is -0.212 e. The van der Waals surface area contributed by atoms with E-state index in [1.165, 1.54) is 0 Å². The zero-order chi connectivity index (χ0) is 13.5. The minimum absolute atomic E-state index is 0.139. The van der Waals surface area contributed by atoms with E-state index in [-0.39, 0.29) is 11.3 Å². The van der Waals surface area contributed by atoms with E-state index in [0.717, 1.165) is 19.3 Å². The quantitative estimate of drug-likeness (QED) is 0.682. The number of sulfonamides is 1. The van der Waals surface area contributed by atoms with Crippen LogP contribution in [0.1, 0.15) is 53.9 Å². The van der Waals surface area contributed by atoms with Gasteiger partial charge in [-0.25, -0.2) is 13.1 Å². The molecule has 0 aliphatic heterocycles. The maximum absolute atomic E-state index is 11.5. The van der Waals surface area contributed by atoms with Gasteiger partial charge in [0.25, 0.3) is 0 Å². The van der Waals surface area contributed by atoms with Crippen molar-refractivity contribution >= 4 is 10.0 Å². The monoisotopic (exact) mass is 261 g/mol. The molecule has 0 saturated carbocycles. The summed E-state index contributed by atoms with van der Waals surface area (Å²) in [6.45, 7) is 9.88. The minimum atomic E-state index is -3.11. The maximum Gasteiger partial charge on any atom is 0.211 e. The Kier molecular flexibility index (Phi) is 7.02. The van der Waals surface area contributed by atoms with E-state index >= 15 is 0 Å². The highest BCUT2D eigenvalue weighted by molar-refractivity contribution is 7.89. The molecule has 0 heterocycles. The van der Waals surface area contributed by atoms with Gasteiger partial charge in [0.2, 0.25) is 10.0 Å². The Hall–Kier alpha value is -0.350. The molecule has 0 saturated heterocycles. The van der Waals surface area contributed by atoms with Gasteiger partial charge in [0, 0.05) is 5.54 Å². The lowest BCUT2D eigenvalue weighted by atomic mass is 9.99. The Bertz CT molecular complexity index is 329. The van der Waals surface area contributed by atoms with Crippen molar-refractivity contribution < 1.29 is 8.42 Å². The van der Waals surface area contributed by atoms with Crippen molar-refractivity contribution in [1.82, 2.24) is 4.72 Å². The molecule has 0 bridgehead atoms. The van der Waals surface area contributed by atoms with Crippen molar-refractivity contribution in [1.29, 1.82) is 0 Å². The van der Waals surface area contributed by atoms with Crippen molar-refractivity contribution in [3.63, 3.8) is 0 Å². The van der Waals surface area contributed by atoms with E-state index in [4.69, 9.17) is 0 Å². The Morgan fingerprint density at radius 3 is 2.29 bits per heavy atom. The maximum atomic E-state index is 11.5. The molecule has 0 atom stereocenters. The normalized spacial score (nSPS) is 13.8. The average Bonchev–Trinajstić information content (AvgIpc) is 2.15. The van der Waals surface area contributed by atoms with Gasteiger partial charge in [0.1, 0.15) is 0 Å². The van der Waals surface area contributed by atoms with Crippen LogP contribution in [-0.2, 0) is 10.0 Å². The van der Waals surface area contributed by atoms with Crippen molar-refractivity contribution in [2.24, 2.45) is 5.92 Å². The highest BCUT2D eigenvalue weighted by Gasteiger charge is 2.22. The molecule has 0 aliphatic carbocycles. The fourth-order valence-corrected chi connectivity index (χ4v) is 2.56. The first kappa shape index (κ1) is 16.6. The molecule has 0 fully saturated rings. The second kappa shape index (κ2) is 7.17. The number of hydrogen-bond acceptors (Lipinski definition) is 2. The third-order valence-electron chi connectivity index (χ3n) is 2.52. The first-order chi connectivity index (χ1) is 7.68. The lowest BCUT2D eigenvalue weighted by Gasteiger charge is -2.25. The van der Waals surface area contributed by atoms with Crippen LogP contribution in [0, 0.1) is 5.92 Å². The second-order valence-electron chi connectivity index (χ2n) is 5.53. The summed E-state index contributed by atoms with van der Waals surface area (Å²) < 4.78 is 25.6. The van der Waals surface area contributed by atoms with Gasteiger partial charge in [-0.05, 0) is 46.0 Å². The number of rotatable bonds is 8. The summed E-state index contributed by atoms with van der Waals surface area (Å²) in [5.74, 6) is 0.817. The highest BCUT2D eigenvalue weighted by atomic mass is 32.2. The molecular weight excluding hydrogens is 234 g/mol. The molecule has 0 aromatic rings. The summed E-state index contributed by atoms with van der Waals surface area (Å²) in [5.41, 5.74) is -0.364. The standard InChI is InChI=1S/C13H27NO2S/c1-6-17(15,16)14-13(4,5)11-9-7-8-10-12(2)3/h7-8,12,14H,6,9-11H2,1-5H3/b8-7+. The topological polar surface area (TPSA) is 46.2 Å². The first-order valence-corrected chi connectivity index (χ1v) is 8.00. The Labute approximate surface area is 107 Å². The number of nitrogens with one attached hydrogen (secondary N) is 1. The molecule has 0 aromatic carbocycles. The van der Waals surface area contributed by atoms with E-state index < -0.39 is 10.0 Å². The molecule has 0 unspecified atom stereocenters. The summed E-state index contributed by atoms with van der Waals surface area (Å²) in [7, 11) is -3.11. The van der Waals surface area contributed by atoms with Crippen LogP contribution >= 0.6 is 0 Å². The Balaban J connectivity index is 4.06. The Morgan fingerprint density at radius 2 is 1.82 bits per heavy atom. The molecular formula is C13H27NO2S. The van der Waals surface area contributed by atoms with Crippen molar-refractivity contribution in [2.75, 3.05) is 5.75 Å².